The van der Waals surface area contributed by atoms with Gasteiger partial charge in [0.15, 0.2) is 93.0 Å². The smallest absolute Gasteiger partial charge is 0.217 e. The summed E-state index contributed by atoms with van der Waals surface area (Å²) in [7, 11) is -9.58. The van der Waals surface area contributed by atoms with Crippen LogP contribution in [-0.2, 0) is 183 Å². The molecule has 0 aromatic carbocycles. The van der Waals surface area contributed by atoms with Crippen molar-refractivity contribution in [2.24, 2.45) is 5.92 Å². The molecule has 0 radical (unpaired) electrons. The van der Waals surface area contributed by atoms with Gasteiger partial charge in [-0.1, -0.05) is 6.92 Å². The second kappa shape index (κ2) is 39.6. The molecule has 10 unspecified atom stereocenters. The summed E-state index contributed by atoms with van der Waals surface area (Å²) in [4.78, 5) is 26.5. The number of carbonyl (C=O) groups excluding carboxylic acids is 2. The van der Waals surface area contributed by atoms with Crippen molar-refractivity contribution in [3.8, 4) is 0 Å². The molecule has 0 spiro atoms. The maximum Gasteiger partial charge on any atom is 0.217 e. The number of rotatable bonds is 42. The van der Waals surface area contributed by atoms with Gasteiger partial charge in [-0.05, 0) is 0 Å². The van der Waals surface area contributed by atoms with E-state index in [0.29, 0.717) is 0 Å². The first-order valence-electron chi connectivity index (χ1n) is 25.1. The van der Waals surface area contributed by atoms with Gasteiger partial charge in [0.1, 0.15) is 97.7 Å². The van der Waals surface area contributed by atoms with E-state index in [-0.39, 0.29) is 24.6 Å². The number of hydrogen-bond donors (Lipinski definition) is 0. The summed E-state index contributed by atoms with van der Waals surface area (Å²) in [5, 5.41) is 83.5. The Morgan fingerprint density at radius 3 is 0.968 bits per heavy atom. The highest BCUT2D eigenvalue weighted by atomic mass is 32.3. The van der Waals surface area contributed by atoms with Crippen LogP contribution >= 0.6 is 49.3 Å². The van der Waals surface area contributed by atoms with Gasteiger partial charge < -0.3 is 130 Å². The maximum absolute atomic E-state index is 13.3. The Hall–Kier alpha value is -1.33. The Balaban J connectivity index is 1.58. The normalized spacial score (nSPS) is 37.2. The molecule has 25 atom stereocenters. The van der Waals surface area contributed by atoms with Crippen LogP contribution in [0.1, 0.15) is 6.92 Å². The number of ether oxygens (including phenoxy) is 16. The van der Waals surface area contributed by atoms with Gasteiger partial charge in [-0.2, -0.15) is 0 Å². The molecule has 55 heteroatoms. The Morgan fingerprint density at radius 2 is 0.645 bits per heavy atom. The number of methoxy groups -OCH3 is 7. The van der Waals surface area contributed by atoms with Crippen molar-refractivity contribution in [1.29, 1.82) is 0 Å². The molecule has 5 heterocycles. The van der Waals surface area contributed by atoms with E-state index in [2.05, 4.69) is 50.0 Å². The molecule has 0 aromatic rings. The fraction of sp³-hybridized carbons (Fsp3) is 0.947. The van der Waals surface area contributed by atoms with Gasteiger partial charge >= 0.3 is 0 Å². The summed E-state index contributed by atoms with van der Waals surface area (Å²) in [5.74, 6) is -5.33. The van der Waals surface area contributed by atoms with Crippen LogP contribution in [0, 0.1) is 5.92 Å². The summed E-state index contributed by atoms with van der Waals surface area (Å²) >= 11 is -1.25. The highest BCUT2D eigenvalue weighted by molar-refractivity contribution is 7.90. The van der Waals surface area contributed by atoms with Gasteiger partial charge in [-0.15, -0.1) is 17.3 Å². The Bertz CT molecular complexity index is 2550. The zero-order valence-electron chi connectivity index (χ0n) is 48.0. The summed E-state index contributed by atoms with van der Waals surface area (Å²) in [6.07, 6.45) is -47.7. The zero-order chi connectivity index (χ0) is 69.0. The molecular weight excluding hydrogens is 1450 g/mol. The van der Waals surface area contributed by atoms with Gasteiger partial charge in [0.2, 0.25) is 31.2 Å². The van der Waals surface area contributed by atoms with E-state index < -0.39 is 241 Å². The van der Waals surface area contributed by atoms with Gasteiger partial charge in [-0.25, -0.2) is 25.3 Å². The molecule has 5 fully saturated rings. The van der Waals surface area contributed by atoms with E-state index >= 15 is 0 Å². The van der Waals surface area contributed by atoms with Gasteiger partial charge in [0, 0.05) is 55.7 Å². The topological polar surface area (TPSA) is 630 Å². The molecule has 5 aliphatic rings. The molecule has 546 valence electrons. The zero-order valence-corrected chi connectivity index (χ0v) is 53.7. The van der Waals surface area contributed by atoms with Crippen LogP contribution in [0.15, 0.2) is 0 Å². The van der Waals surface area contributed by atoms with Gasteiger partial charge in [0.05, 0.1) is 37.9 Å². The second-order valence-corrected chi connectivity index (χ2v) is 23.5. The van der Waals surface area contributed by atoms with Crippen LogP contribution in [0.3, 0.4) is 0 Å². The van der Waals surface area contributed by atoms with Crippen molar-refractivity contribution in [3.63, 3.8) is 0 Å². The number of carbonyl (C=O) groups is 2. The van der Waals surface area contributed by atoms with Crippen molar-refractivity contribution >= 4 is 92.4 Å². The first-order valence-corrected chi connectivity index (χ1v) is 31.8. The van der Waals surface area contributed by atoms with Crippen LogP contribution in [0.25, 0.3) is 0 Å². The molecule has 0 bridgehead atoms. The predicted molar refractivity (Wildman–Crippen MR) is 259 cm³/mol. The molecule has 0 amide bonds. The van der Waals surface area contributed by atoms with Gasteiger partial charge in [0.25, 0.3) is 0 Å². The Kier molecular flexibility index (Phi) is 35.1. The molecule has 48 nitrogen and oxygen atoms in total. The van der Waals surface area contributed by atoms with Crippen LogP contribution in [-0.4, -0.2) is 268 Å². The van der Waals surface area contributed by atoms with Crippen molar-refractivity contribution in [3.05, 3.63) is 0 Å². The van der Waals surface area contributed by atoms with Gasteiger partial charge in [-0.3, -0.25) is 49.4 Å². The Labute approximate surface area is 542 Å². The lowest BCUT2D eigenvalue weighted by molar-refractivity contribution is -0.778. The minimum atomic E-state index is -5.82. The molecular formula is C38H55O48S7-9. The summed E-state index contributed by atoms with van der Waals surface area (Å²) in [6, 6.07) is 0. The third-order valence-corrected chi connectivity index (χ3v) is 16.5. The average Bonchev–Trinajstić information content (AvgIpc) is 0.772. The van der Waals surface area contributed by atoms with Crippen LogP contribution in [0.5, 0.6) is 0 Å². The number of aliphatic carboxylic acids is 2. The average molecular weight is 1500 g/mol. The largest absolute Gasteiger partial charge is 0.726 e. The quantitative estimate of drug-likeness (QED) is 0.0137. The highest BCUT2D eigenvalue weighted by Gasteiger charge is 2.60. The molecule has 5 aliphatic heterocycles. The lowest BCUT2D eigenvalue weighted by atomic mass is 9.91. The minimum Gasteiger partial charge on any atom is -0.726 e. The highest BCUT2D eigenvalue weighted by Crippen LogP contribution is 2.42. The third kappa shape index (κ3) is 23.4. The van der Waals surface area contributed by atoms with E-state index in [1.807, 2.05) is 0 Å². The first kappa shape index (κ1) is 82.3. The van der Waals surface area contributed by atoms with Crippen LogP contribution in [0.2, 0.25) is 0 Å². The number of hydrogen-bond acceptors (Lipinski definition) is 52. The third-order valence-electron chi connectivity index (χ3n) is 13.6. The lowest BCUT2D eigenvalue weighted by Gasteiger charge is -2.52. The minimum absolute atomic E-state index is 0.203. The Morgan fingerprint density at radius 1 is 0.355 bits per heavy atom. The van der Waals surface area contributed by atoms with Crippen molar-refractivity contribution in [1.82, 2.24) is 0 Å². The second-order valence-electron chi connectivity index (χ2n) is 18.5. The molecule has 0 N–H and O–H groups in total. The first-order chi connectivity index (χ1) is 44.1. The summed E-state index contributed by atoms with van der Waals surface area (Å²) in [6.45, 7) is -2.34. The standard InChI is InChI=1S/C38H64O48S7/c1-12-16(56-2)17(57-3)13(9-63-91(47,48)49)66-34(12)71-22-20(58-4)28(60-6)36(73-26(22)32(39)40)70-19-15(11-65-93(53,54)55)68-38(31(78-90-86-82-46)25(19)76-88-84-80-44)72-23-21(59-5)29(61-7)37(74-27(23)33(41)42)69-18-14(10-64-92(50,51)52)67-35(62-8)30(77-89-85-81-45)24(18)75-87-83-79-43/h12-31,34-38,43-46H,9-11H2,1-8H3,(H,39,40)(H,41,42)(H,47,48,49)(H,50,51,52)(H,53,54,55)/p-9/t12?,13?,14?,15-,16-,17+,18+,19-,20+,21?,22-,23+,24+,25?,26?,27-,28?,29?,30?,31?,34+,35-,36-,37+,38-/m1/s1. The number of carboxylic acid groups (broad SMARTS) is 2. The molecule has 0 saturated carbocycles. The lowest BCUT2D eigenvalue weighted by Crippen LogP contribution is -2.70. The fourth-order valence-electron chi connectivity index (χ4n) is 9.95. The van der Waals surface area contributed by atoms with Crippen molar-refractivity contribution in [2.45, 2.75) is 154 Å². The maximum atomic E-state index is 13.3. The van der Waals surface area contributed by atoms with E-state index in [4.69, 9.17) is 92.5 Å². The van der Waals surface area contributed by atoms with E-state index in [1.54, 1.807) is 0 Å². The monoisotopic (exact) mass is 1500 g/mol. The van der Waals surface area contributed by atoms with Crippen molar-refractivity contribution < 1.29 is 222 Å². The van der Waals surface area contributed by atoms with E-state index in [1.165, 1.54) is 21.1 Å². The van der Waals surface area contributed by atoms with Crippen molar-refractivity contribution in [2.75, 3.05) is 69.6 Å². The summed E-state index contributed by atoms with van der Waals surface area (Å²) in [5.41, 5.74) is 0. The molecule has 0 aliphatic carbocycles. The van der Waals surface area contributed by atoms with E-state index in [9.17, 15) is 79.7 Å². The van der Waals surface area contributed by atoms with Crippen LogP contribution < -0.4 is 31.2 Å². The number of carboxylic acids is 2. The van der Waals surface area contributed by atoms with Crippen LogP contribution in [0.4, 0.5) is 0 Å². The molecule has 5 saturated heterocycles. The molecule has 93 heavy (non-hydrogen) atoms. The molecule has 0 aromatic heterocycles. The summed E-state index contributed by atoms with van der Waals surface area (Å²) < 4.78 is 251. The van der Waals surface area contributed by atoms with E-state index in [0.717, 1.165) is 35.5 Å². The fourth-order valence-corrected chi connectivity index (χ4v) is 12.3. The molecule has 5 rings (SSSR count). The predicted octanol–water partition coefficient (Wildman–Crippen LogP) is -10.9. The SMILES string of the molecule is COC1C(OC)[C@H](O[C@H]2O[C@H](COS(=O)(=O)[O-])[C@@H](O[C@@H]3OC(C(=O)[O-])[C@H](O[C@@H]4OC(COS(=O)(=O)[O-])[C@H](OC)[C@H](OC)C4C)[C@H](OC)C3OC)C(OSOO[O-])C2OSOO[O-])[C@H](C(=O)[O-])O[C@@H]1O[C@H]1C(COS(=O)(=O)[O-])O[C@@H](OC)C(OSOO[O-])[C@H]1OSOO[O-].